The average Bonchev–Trinajstić information content (AvgIpc) is 2.85. The predicted molar refractivity (Wildman–Crippen MR) is 87.1 cm³/mol. The molecule has 1 atom stereocenters. The number of hydrogen-bond acceptors (Lipinski definition) is 4. The third-order valence-electron chi connectivity index (χ3n) is 3.90. The lowest BCUT2D eigenvalue weighted by atomic mass is 9.88. The average molecular weight is 324 g/mol. The Morgan fingerprint density at radius 3 is 2.67 bits per heavy atom. The number of ether oxygens (including phenoxy) is 2. The number of likely N-dealkylation sites (N-methyl/N-ethyl adjacent to an activating group) is 1. The highest BCUT2D eigenvalue weighted by atomic mass is 35.5. The first-order chi connectivity index (χ1) is 10.1. The molecule has 3 nitrogen and oxygen atoms in total. The lowest BCUT2D eigenvalue weighted by Crippen LogP contribution is -2.29. The summed E-state index contributed by atoms with van der Waals surface area (Å²) in [6.45, 7) is 1.95. The zero-order valence-corrected chi connectivity index (χ0v) is 13.9. The third-order valence-corrected chi connectivity index (χ3v) is 5.17. The molecule has 2 aromatic rings. The second kappa shape index (κ2) is 5.87. The topological polar surface area (TPSA) is 21.7 Å². The van der Waals surface area contributed by atoms with E-state index in [0.29, 0.717) is 5.92 Å². The van der Waals surface area contributed by atoms with E-state index in [-0.39, 0.29) is 0 Å². The van der Waals surface area contributed by atoms with Crippen LogP contribution in [0.2, 0.25) is 4.34 Å². The molecule has 1 aromatic carbocycles. The first-order valence-corrected chi connectivity index (χ1v) is 8.00. The van der Waals surface area contributed by atoms with E-state index in [1.54, 1.807) is 25.6 Å². The minimum atomic E-state index is 0.322. The maximum Gasteiger partial charge on any atom is 0.161 e. The quantitative estimate of drug-likeness (QED) is 0.852. The van der Waals surface area contributed by atoms with E-state index >= 15 is 0 Å². The van der Waals surface area contributed by atoms with Crippen LogP contribution in [0.15, 0.2) is 24.3 Å². The van der Waals surface area contributed by atoms with Crippen molar-refractivity contribution < 1.29 is 9.47 Å². The SMILES string of the molecule is COc1ccc(C2CN(C)Cc3sc(Cl)cc32)cc1OC. The van der Waals surface area contributed by atoms with Crippen LogP contribution in [0.5, 0.6) is 11.5 Å². The van der Waals surface area contributed by atoms with Crippen molar-refractivity contribution in [3.8, 4) is 11.5 Å². The van der Waals surface area contributed by atoms with Gasteiger partial charge in [-0.25, -0.2) is 0 Å². The summed E-state index contributed by atoms with van der Waals surface area (Å²) in [5, 5.41) is 0. The first kappa shape index (κ1) is 14.7. The van der Waals surface area contributed by atoms with E-state index in [0.717, 1.165) is 28.9 Å². The highest BCUT2D eigenvalue weighted by molar-refractivity contribution is 7.16. The summed E-state index contributed by atoms with van der Waals surface area (Å²) in [6, 6.07) is 8.25. The molecule has 0 radical (unpaired) electrons. The molecule has 21 heavy (non-hydrogen) atoms. The van der Waals surface area contributed by atoms with Crippen molar-refractivity contribution in [3.05, 3.63) is 44.6 Å². The van der Waals surface area contributed by atoms with E-state index in [1.807, 2.05) is 6.07 Å². The third kappa shape index (κ3) is 2.76. The number of rotatable bonds is 3. The number of benzene rings is 1. The van der Waals surface area contributed by atoms with Crippen LogP contribution in [0.1, 0.15) is 21.9 Å². The van der Waals surface area contributed by atoms with Crippen molar-refractivity contribution in [2.24, 2.45) is 0 Å². The van der Waals surface area contributed by atoms with Crippen LogP contribution in [0.3, 0.4) is 0 Å². The molecule has 0 spiro atoms. The summed E-state index contributed by atoms with van der Waals surface area (Å²) in [4.78, 5) is 3.69. The van der Waals surface area contributed by atoms with Gasteiger partial charge in [0.1, 0.15) is 0 Å². The first-order valence-electron chi connectivity index (χ1n) is 6.81. The lowest BCUT2D eigenvalue weighted by molar-refractivity contribution is 0.298. The van der Waals surface area contributed by atoms with Gasteiger partial charge < -0.3 is 14.4 Å². The molecule has 0 aliphatic carbocycles. The molecule has 1 aromatic heterocycles. The van der Waals surface area contributed by atoms with Crippen LogP contribution in [-0.4, -0.2) is 32.7 Å². The molecule has 5 heteroatoms. The Morgan fingerprint density at radius 2 is 1.95 bits per heavy atom. The van der Waals surface area contributed by atoms with E-state index in [9.17, 15) is 0 Å². The number of nitrogens with zero attached hydrogens (tertiary/aromatic N) is 1. The normalized spacial score (nSPS) is 18.4. The summed E-state index contributed by atoms with van der Waals surface area (Å²) in [6.07, 6.45) is 0. The standard InChI is InChI=1S/C16H18ClNO2S/c1-18-8-12(11-7-16(17)21-15(11)9-18)10-4-5-13(19-2)14(6-10)20-3/h4-7,12H,8-9H2,1-3H3. The number of thiophene rings is 1. The largest absolute Gasteiger partial charge is 0.493 e. The highest BCUT2D eigenvalue weighted by Gasteiger charge is 2.27. The van der Waals surface area contributed by atoms with E-state index in [2.05, 4.69) is 30.1 Å². The molecule has 0 bridgehead atoms. The Kier molecular flexibility index (Phi) is 4.11. The van der Waals surface area contributed by atoms with Gasteiger partial charge in [-0.1, -0.05) is 17.7 Å². The monoisotopic (exact) mass is 323 g/mol. The Hall–Kier alpha value is -1.23. The molecule has 1 unspecified atom stereocenters. The van der Waals surface area contributed by atoms with Gasteiger partial charge in [0.25, 0.3) is 0 Å². The molecule has 2 heterocycles. The molecule has 0 fully saturated rings. The van der Waals surface area contributed by atoms with Gasteiger partial charge in [0.15, 0.2) is 11.5 Å². The molecular weight excluding hydrogens is 306 g/mol. The Labute approximate surface area is 134 Å². The van der Waals surface area contributed by atoms with Crippen molar-refractivity contribution in [2.75, 3.05) is 27.8 Å². The number of methoxy groups -OCH3 is 2. The highest BCUT2D eigenvalue weighted by Crippen LogP contribution is 2.41. The Bertz CT molecular complexity index is 656. The fourth-order valence-electron chi connectivity index (χ4n) is 2.90. The van der Waals surface area contributed by atoms with E-state index in [1.165, 1.54) is 16.0 Å². The summed E-state index contributed by atoms with van der Waals surface area (Å²) in [5.41, 5.74) is 2.57. The fourth-order valence-corrected chi connectivity index (χ4v) is 4.32. The summed E-state index contributed by atoms with van der Waals surface area (Å²) >= 11 is 7.89. The van der Waals surface area contributed by atoms with Crippen molar-refractivity contribution in [1.82, 2.24) is 4.90 Å². The van der Waals surface area contributed by atoms with Gasteiger partial charge in [-0.05, 0) is 36.4 Å². The number of hydrogen-bond donors (Lipinski definition) is 0. The van der Waals surface area contributed by atoms with Crippen LogP contribution < -0.4 is 9.47 Å². The zero-order chi connectivity index (χ0) is 15.0. The minimum absolute atomic E-state index is 0.322. The second-order valence-electron chi connectivity index (χ2n) is 5.29. The smallest absolute Gasteiger partial charge is 0.161 e. The van der Waals surface area contributed by atoms with Gasteiger partial charge in [-0.3, -0.25) is 0 Å². The van der Waals surface area contributed by atoms with Crippen LogP contribution >= 0.6 is 22.9 Å². The van der Waals surface area contributed by atoms with E-state index < -0.39 is 0 Å². The van der Waals surface area contributed by atoms with Crippen molar-refractivity contribution in [3.63, 3.8) is 0 Å². The maximum atomic E-state index is 6.21. The lowest BCUT2D eigenvalue weighted by Gasteiger charge is -2.30. The van der Waals surface area contributed by atoms with Gasteiger partial charge in [0.2, 0.25) is 0 Å². The summed E-state index contributed by atoms with van der Waals surface area (Å²) in [7, 11) is 5.47. The van der Waals surface area contributed by atoms with Crippen molar-refractivity contribution >= 4 is 22.9 Å². The van der Waals surface area contributed by atoms with Crippen LogP contribution in [0, 0.1) is 0 Å². The molecule has 0 amide bonds. The second-order valence-corrected chi connectivity index (χ2v) is 7.06. The summed E-state index contributed by atoms with van der Waals surface area (Å²) < 4.78 is 11.6. The van der Waals surface area contributed by atoms with Crippen LogP contribution in [-0.2, 0) is 6.54 Å². The number of halogens is 1. The molecule has 112 valence electrons. The van der Waals surface area contributed by atoms with Gasteiger partial charge in [0, 0.05) is 23.9 Å². The van der Waals surface area contributed by atoms with Crippen molar-refractivity contribution in [2.45, 2.75) is 12.5 Å². The zero-order valence-electron chi connectivity index (χ0n) is 12.4. The number of fused-ring (bicyclic) bond motifs is 1. The van der Waals surface area contributed by atoms with Gasteiger partial charge in [-0.15, -0.1) is 11.3 Å². The molecule has 1 aliphatic rings. The molecule has 0 saturated carbocycles. The molecule has 1 aliphatic heterocycles. The molecule has 3 rings (SSSR count). The van der Waals surface area contributed by atoms with Crippen molar-refractivity contribution in [1.29, 1.82) is 0 Å². The molecule has 0 saturated heterocycles. The van der Waals surface area contributed by atoms with E-state index in [4.69, 9.17) is 21.1 Å². The molecule has 0 N–H and O–H groups in total. The van der Waals surface area contributed by atoms with Crippen LogP contribution in [0.25, 0.3) is 0 Å². The van der Waals surface area contributed by atoms with Gasteiger partial charge in [-0.2, -0.15) is 0 Å². The van der Waals surface area contributed by atoms with Crippen LogP contribution in [0.4, 0.5) is 0 Å². The fraction of sp³-hybridized carbons (Fsp3) is 0.375. The van der Waals surface area contributed by atoms with Gasteiger partial charge >= 0.3 is 0 Å². The Morgan fingerprint density at radius 1 is 1.19 bits per heavy atom. The molecular formula is C16H18ClNO2S. The maximum absolute atomic E-state index is 6.21. The minimum Gasteiger partial charge on any atom is -0.493 e. The predicted octanol–water partition coefficient (Wildman–Crippen LogP) is 4.00. The van der Waals surface area contributed by atoms with Gasteiger partial charge in [0.05, 0.1) is 18.6 Å². The summed E-state index contributed by atoms with van der Waals surface area (Å²) in [5.74, 6) is 1.85. The Balaban J connectivity index is 2.04.